The molecule has 1 aliphatic carbocycles. The number of anilines is 2. The van der Waals surface area contributed by atoms with Crippen molar-refractivity contribution < 1.29 is 14.3 Å². The van der Waals surface area contributed by atoms with Crippen LogP contribution in [0.4, 0.5) is 15.8 Å². The highest BCUT2D eigenvalue weighted by molar-refractivity contribution is 6.30. The lowest BCUT2D eigenvalue weighted by Gasteiger charge is -2.25. The van der Waals surface area contributed by atoms with Gasteiger partial charge in [0.15, 0.2) is 5.65 Å². The maximum atomic E-state index is 14.2. The maximum Gasteiger partial charge on any atom is 0.255 e. The van der Waals surface area contributed by atoms with E-state index in [4.69, 9.17) is 11.6 Å². The van der Waals surface area contributed by atoms with Gasteiger partial charge >= 0.3 is 0 Å². The van der Waals surface area contributed by atoms with E-state index in [1.165, 1.54) is 32.7 Å². The molecule has 0 radical (unpaired) electrons. The minimum atomic E-state index is -1.64. The fourth-order valence-corrected chi connectivity index (χ4v) is 3.99. The standard InChI is InChI=1S/C24H26ClFN8O2/c1-24(2,36)21(26)12-29-23(35)17-10-27-19(20-11-28-22-6-14(25)8-31-34(20)22)7-18(17)32-15-9-30-33(13-15)16-4-3-5-16/h6-11,13,16,21,36H,3-5,12H2,1-2H3,(H,27,32)(H,29,35). The number of amides is 1. The first-order valence-corrected chi connectivity index (χ1v) is 12.0. The molecule has 0 spiro atoms. The molecule has 0 bridgehead atoms. The summed E-state index contributed by atoms with van der Waals surface area (Å²) >= 11 is 6.03. The predicted molar refractivity (Wildman–Crippen MR) is 133 cm³/mol. The molecule has 5 rings (SSSR count). The first kappa shape index (κ1) is 24.1. The highest BCUT2D eigenvalue weighted by atomic mass is 35.5. The number of halogens is 2. The molecule has 12 heteroatoms. The van der Waals surface area contributed by atoms with Crippen LogP contribution in [0.1, 0.15) is 49.5 Å². The molecule has 1 atom stereocenters. The molecule has 0 aliphatic heterocycles. The molecule has 4 aromatic rings. The Morgan fingerprint density at radius 3 is 2.75 bits per heavy atom. The number of carbonyl (C=O) groups is 1. The van der Waals surface area contributed by atoms with E-state index in [2.05, 4.69) is 30.8 Å². The topological polar surface area (TPSA) is 122 Å². The maximum absolute atomic E-state index is 14.2. The summed E-state index contributed by atoms with van der Waals surface area (Å²) in [6.07, 6.45) is 9.86. The highest BCUT2D eigenvalue weighted by Crippen LogP contribution is 2.32. The van der Waals surface area contributed by atoms with Gasteiger partial charge in [-0.3, -0.25) is 14.5 Å². The number of aromatic nitrogens is 6. The van der Waals surface area contributed by atoms with Crippen molar-refractivity contribution in [1.29, 1.82) is 0 Å². The molecule has 3 N–H and O–H groups in total. The van der Waals surface area contributed by atoms with Crippen LogP contribution in [0.3, 0.4) is 0 Å². The van der Waals surface area contributed by atoms with Gasteiger partial charge in [-0.15, -0.1) is 0 Å². The van der Waals surface area contributed by atoms with Crippen molar-refractivity contribution in [2.24, 2.45) is 0 Å². The second kappa shape index (κ2) is 9.47. The summed E-state index contributed by atoms with van der Waals surface area (Å²) in [7, 11) is 0. The van der Waals surface area contributed by atoms with Gasteiger partial charge in [0.25, 0.3) is 5.91 Å². The second-order valence-electron chi connectivity index (χ2n) is 9.45. The molecule has 0 aromatic carbocycles. The molecule has 188 valence electrons. The van der Waals surface area contributed by atoms with E-state index in [-0.39, 0.29) is 12.1 Å². The van der Waals surface area contributed by atoms with Crippen molar-refractivity contribution in [3.8, 4) is 11.4 Å². The van der Waals surface area contributed by atoms with Crippen molar-refractivity contribution >= 4 is 34.5 Å². The van der Waals surface area contributed by atoms with E-state index in [0.29, 0.717) is 39.5 Å². The number of nitrogens with zero attached hydrogens (tertiary/aromatic N) is 6. The normalized spacial score (nSPS) is 15.0. The minimum Gasteiger partial charge on any atom is -0.387 e. The Balaban J connectivity index is 1.47. The Bertz CT molecular complexity index is 1410. The van der Waals surface area contributed by atoms with Crippen LogP contribution < -0.4 is 10.6 Å². The quantitative estimate of drug-likeness (QED) is 0.326. The fourth-order valence-electron chi connectivity index (χ4n) is 3.84. The summed E-state index contributed by atoms with van der Waals surface area (Å²) in [5.41, 5.74) is 1.46. The Morgan fingerprint density at radius 1 is 1.22 bits per heavy atom. The zero-order chi connectivity index (χ0) is 25.4. The predicted octanol–water partition coefficient (Wildman–Crippen LogP) is 3.95. The van der Waals surface area contributed by atoms with Crippen LogP contribution in [0, 0.1) is 0 Å². The number of aliphatic hydroxyl groups is 1. The van der Waals surface area contributed by atoms with E-state index >= 15 is 0 Å². The lowest BCUT2D eigenvalue weighted by Crippen LogP contribution is -2.42. The van der Waals surface area contributed by atoms with Crippen molar-refractivity contribution in [3.63, 3.8) is 0 Å². The van der Waals surface area contributed by atoms with E-state index in [1.807, 2.05) is 10.9 Å². The van der Waals surface area contributed by atoms with E-state index in [9.17, 15) is 14.3 Å². The Kier molecular flexibility index (Phi) is 6.35. The van der Waals surface area contributed by atoms with Gasteiger partial charge < -0.3 is 15.7 Å². The number of imidazole rings is 1. The molecular weight excluding hydrogens is 487 g/mol. The molecule has 10 nitrogen and oxygen atoms in total. The number of pyridine rings is 1. The lowest BCUT2D eigenvalue weighted by molar-refractivity contribution is -0.00177. The molecular formula is C24H26ClFN8O2. The highest BCUT2D eigenvalue weighted by Gasteiger charge is 2.27. The molecule has 0 saturated heterocycles. The van der Waals surface area contributed by atoms with E-state index in [1.54, 1.807) is 29.0 Å². The summed E-state index contributed by atoms with van der Waals surface area (Å²) in [5.74, 6) is -0.530. The van der Waals surface area contributed by atoms with Gasteiger partial charge in [0.05, 0.1) is 64.4 Å². The van der Waals surface area contributed by atoms with Gasteiger partial charge in [-0.05, 0) is 39.2 Å². The van der Waals surface area contributed by atoms with Crippen LogP contribution in [0.25, 0.3) is 17.0 Å². The van der Waals surface area contributed by atoms with Gasteiger partial charge in [0, 0.05) is 18.5 Å². The Labute approximate surface area is 211 Å². The van der Waals surface area contributed by atoms with Crippen LogP contribution in [0.15, 0.2) is 43.1 Å². The summed E-state index contributed by atoms with van der Waals surface area (Å²) in [4.78, 5) is 21.8. The van der Waals surface area contributed by atoms with Gasteiger partial charge in [0.1, 0.15) is 11.9 Å². The largest absolute Gasteiger partial charge is 0.387 e. The van der Waals surface area contributed by atoms with E-state index < -0.39 is 17.7 Å². The Morgan fingerprint density at radius 2 is 2.03 bits per heavy atom. The monoisotopic (exact) mass is 512 g/mol. The molecule has 36 heavy (non-hydrogen) atoms. The molecule has 1 saturated carbocycles. The molecule has 1 amide bonds. The number of nitrogens with one attached hydrogen (secondary N) is 2. The number of hydrogen-bond acceptors (Lipinski definition) is 7. The number of carbonyl (C=O) groups excluding carboxylic acids is 1. The van der Waals surface area contributed by atoms with Gasteiger partial charge in [-0.2, -0.15) is 10.2 Å². The van der Waals surface area contributed by atoms with Crippen molar-refractivity contribution in [3.05, 3.63) is 53.7 Å². The molecule has 4 heterocycles. The second-order valence-corrected chi connectivity index (χ2v) is 9.89. The average Bonchev–Trinajstić information content (AvgIpc) is 3.42. The van der Waals surface area contributed by atoms with Crippen molar-refractivity contribution in [2.75, 3.05) is 11.9 Å². The van der Waals surface area contributed by atoms with Crippen molar-refractivity contribution in [2.45, 2.75) is 50.9 Å². The Hall–Kier alpha value is -3.57. The number of fused-ring (bicyclic) bond motifs is 1. The molecule has 4 aromatic heterocycles. The third-order valence-corrected chi connectivity index (χ3v) is 6.48. The van der Waals surface area contributed by atoms with Gasteiger partial charge in [0.2, 0.25) is 0 Å². The zero-order valence-corrected chi connectivity index (χ0v) is 20.6. The number of alkyl halides is 1. The third-order valence-electron chi connectivity index (χ3n) is 6.28. The first-order chi connectivity index (χ1) is 17.2. The van der Waals surface area contributed by atoms with Crippen molar-refractivity contribution in [1.82, 2.24) is 34.7 Å². The summed E-state index contributed by atoms with van der Waals surface area (Å²) < 4.78 is 17.8. The minimum absolute atomic E-state index is 0.211. The van der Waals surface area contributed by atoms with Crippen LogP contribution in [0.5, 0.6) is 0 Å². The molecule has 1 unspecified atom stereocenters. The molecule has 1 fully saturated rings. The lowest BCUT2D eigenvalue weighted by atomic mass is 9.93. The third kappa shape index (κ3) is 4.89. The number of hydrogen-bond donors (Lipinski definition) is 3. The van der Waals surface area contributed by atoms with Crippen LogP contribution in [0.2, 0.25) is 5.02 Å². The SMILES string of the molecule is CC(C)(O)C(F)CNC(=O)c1cnc(-c2cnc3cc(Cl)cnn23)cc1Nc1cnn(C2CCC2)c1. The summed E-state index contributed by atoms with van der Waals surface area (Å²) in [6, 6.07) is 3.78. The van der Waals surface area contributed by atoms with Crippen LogP contribution >= 0.6 is 11.6 Å². The van der Waals surface area contributed by atoms with Gasteiger partial charge in [-0.25, -0.2) is 13.9 Å². The smallest absolute Gasteiger partial charge is 0.255 e. The van der Waals surface area contributed by atoms with Crippen LogP contribution in [-0.2, 0) is 0 Å². The summed E-state index contributed by atoms with van der Waals surface area (Å²) in [5, 5.41) is 24.9. The fraction of sp³-hybridized carbons (Fsp3) is 0.375. The zero-order valence-electron chi connectivity index (χ0n) is 19.8. The van der Waals surface area contributed by atoms with E-state index in [0.717, 1.165) is 12.8 Å². The van der Waals surface area contributed by atoms with Crippen LogP contribution in [-0.4, -0.2) is 58.7 Å². The first-order valence-electron chi connectivity index (χ1n) is 11.6. The van der Waals surface area contributed by atoms with Gasteiger partial charge in [-0.1, -0.05) is 11.6 Å². The average molecular weight is 513 g/mol. The summed E-state index contributed by atoms with van der Waals surface area (Å²) in [6.45, 7) is 2.36. The molecule has 1 aliphatic rings. The number of rotatable bonds is 8.